The molecule has 1 heterocycles. The Kier molecular flexibility index (Phi) is 3.68. The van der Waals surface area contributed by atoms with Crippen LogP contribution < -0.4 is 5.32 Å². The first-order valence-electron chi connectivity index (χ1n) is 4.89. The predicted molar refractivity (Wildman–Crippen MR) is 53.6 cm³/mol. The molecule has 0 spiro atoms. The highest BCUT2D eigenvalue weighted by Crippen LogP contribution is 2.09. The lowest BCUT2D eigenvalue weighted by Crippen LogP contribution is -2.58. The molecule has 78 valence electrons. The summed E-state index contributed by atoms with van der Waals surface area (Å²) in [6, 6.07) is -0.299. The molecule has 4 nitrogen and oxygen atoms in total. The standard InChI is InChI=1S/C10H16N2O2/c1-3-5-6-12-8(4-2)10(14)11-7-9(12)13/h3,5,8H,4,6-7H2,1-2H3,(H,11,14)/b5-3+. The van der Waals surface area contributed by atoms with Crippen LogP contribution in [0.25, 0.3) is 0 Å². The third kappa shape index (κ3) is 2.13. The molecule has 1 atom stereocenters. The highest BCUT2D eigenvalue weighted by Gasteiger charge is 2.31. The second-order valence-electron chi connectivity index (χ2n) is 3.26. The molecule has 4 heteroatoms. The van der Waals surface area contributed by atoms with Gasteiger partial charge in [0.1, 0.15) is 6.04 Å². The number of allylic oxidation sites excluding steroid dienone is 1. The fraction of sp³-hybridized carbons (Fsp3) is 0.600. The molecular weight excluding hydrogens is 180 g/mol. The van der Waals surface area contributed by atoms with Gasteiger partial charge in [-0.25, -0.2) is 0 Å². The quantitative estimate of drug-likeness (QED) is 0.660. The average molecular weight is 196 g/mol. The van der Waals surface area contributed by atoms with Gasteiger partial charge in [0.15, 0.2) is 0 Å². The summed E-state index contributed by atoms with van der Waals surface area (Å²) in [5.74, 6) is -0.0499. The smallest absolute Gasteiger partial charge is 0.243 e. The number of carbonyl (C=O) groups excluding carboxylic acids is 2. The van der Waals surface area contributed by atoms with Crippen molar-refractivity contribution in [3.63, 3.8) is 0 Å². The number of hydrogen-bond donors (Lipinski definition) is 1. The molecule has 0 bridgehead atoms. The Hall–Kier alpha value is -1.32. The number of carbonyl (C=O) groups is 2. The minimum atomic E-state index is -0.299. The molecule has 0 aliphatic carbocycles. The molecule has 1 aliphatic heterocycles. The summed E-state index contributed by atoms with van der Waals surface area (Å²) in [5.41, 5.74) is 0. The van der Waals surface area contributed by atoms with Gasteiger partial charge in [0.25, 0.3) is 0 Å². The van der Waals surface area contributed by atoms with Crippen molar-refractivity contribution in [3.05, 3.63) is 12.2 Å². The molecule has 0 aromatic heterocycles. The Morgan fingerprint density at radius 2 is 2.29 bits per heavy atom. The van der Waals surface area contributed by atoms with Crippen molar-refractivity contribution in [2.45, 2.75) is 26.3 Å². The van der Waals surface area contributed by atoms with Crippen molar-refractivity contribution in [1.82, 2.24) is 10.2 Å². The Morgan fingerprint density at radius 1 is 1.57 bits per heavy atom. The first kappa shape index (κ1) is 10.8. The normalized spacial score (nSPS) is 23.0. The maximum atomic E-state index is 11.5. The highest BCUT2D eigenvalue weighted by molar-refractivity contribution is 5.94. The molecule has 1 aliphatic rings. The topological polar surface area (TPSA) is 49.4 Å². The maximum absolute atomic E-state index is 11.5. The SMILES string of the molecule is C/C=C/CN1C(=O)CNC(=O)C1CC. The number of nitrogens with one attached hydrogen (secondary N) is 1. The van der Waals surface area contributed by atoms with Crippen LogP contribution in [0.15, 0.2) is 12.2 Å². The molecule has 1 unspecified atom stereocenters. The van der Waals surface area contributed by atoms with Gasteiger partial charge < -0.3 is 10.2 Å². The van der Waals surface area contributed by atoms with Crippen molar-refractivity contribution < 1.29 is 9.59 Å². The highest BCUT2D eigenvalue weighted by atomic mass is 16.2. The third-order valence-electron chi connectivity index (χ3n) is 2.34. The van der Waals surface area contributed by atoms with E-state index in [1.54, 1.807) is 4.90 Å². The summed E-state index contributed by atoms with van der Waals surface area (Å²) in [5, 5.41) is 2.58. The summed E-state index contributed by atoms with van der Waals surface area (Å²) in [6.07, 6.45) is 4.43. The minimum Gasteiger partial charge on any atom is -0.345 e. The second-order valence-corrected chi connectivity index (χ2v) is 3.26. The van der Waals surface area contributed by atoms with Gasteiger partial charge in [-0.3, -0.25) is 9.59 Å². The third-order valence-corrected chi connectivity index (χ3v) is 2.34. The fourth-order valence-electron chi connectivity index (χ4n) is 1.55. The van der Waals surface area contributed by atoms with E-state index < -0.39 is 0 Å². The van der Waals surface area contributed by atoms with E-state index in [2.05, 4.69) is 5.32 Å². The fourth-order valence-corrected chi connectivity index (χ4v) is 1.55. The monoisotopic (exact) mass is 196 g/mol. The van der Waals surface area contributed by atoms with Gasteiger partial charge in [-0.05, 0) is 13.3 Å². The summed E-state index contributed by atoms with van der Waals surface area (Å²) in [4.78, 5) is 24.5. The molecule has 0 saturated carbocycles. The van der Waals surface area contributed by atoms with Crippen molar-refractivity contribution in [2.24, 2.45) is 0 Å². The summed E-state index contributed by atoms with van der Waals surface area (Å²) in [7, 11) is 0. The molecule has 0 aromatic carbocycles. The number of piperazine rings is 1. The van der Waals surface area contributed by atoms with Gasteiger partial charge in [0, 0.05) is 6.54 Å². The molecular formula is C10H16N2O2. The molecule has 14 heavy (non-hydrogen) atoms. The first-order valence-corrected chi connectivity index (χ1v) is 4.89. The zero-order valence-electron chi connectivity index (χ0n) is 8.62. The maximum Gasteiger partial charge on any atom is 0.243 e. The van der Waals surface area contributed by atoms with E-state index in [9.17, 15) is 9.59 Å². The van der Waals surface area contributed by atoms with Crippen LogP contribution in [0.4, 0.5) is 0 Å². The van der Waals surface area contributed by atoms with Crippen LogP contribution in [-0.2, 0) is 9.59 Å². The second kappa shape index (κ2) is 4.79. The Balaban J connectivity index is 2.73. The molecule has 1 fully saturated rings. The summed E-state index contributed by atoms with van der Waals surface area (Å²) in [6.45, 7) is 4.47. The lowest BCUT2D eigenvalue weighted by atomic mass is 10.1. The lowest BCUT2D eigenvalue weighted by Gasteiger charge is -2.33. The van der Waals surface area contributed by atoms with Crippen LogP contribution in [0, 0.1) is 0 Å². The molecule has 0 radical (unpaired) electrons. The summed E-state index contributed by atoms with van der Waals surface area (Å²) >= 11 is 0. The number of hydrogen-bond acceptors (Lipinski definition) is 2. The van der Waals surface area contributed by atoms with Gasteiger partial charge >= 0.3 is 0 Å². The van der Waals surface area contributed by atoms with Crippen molar-refractivity contribution in [3.8, 4) is 0 Å². The number of rotatable bonds is 3. The van der Waals surface area contributed by atoms with Crippen molar-refractivity contribution in [1.29, 1.82) is 0 Å². The average Bonchev–Trinajstić information content (AvgIpc) is 2.19. The molecule has 1 N–H and O–H groups in total. The van der Waals surface area contributed by atoms with E-state index in [-0.39, 0.29) is 24.4 Å². The Labute approximate surface area is 84.0 Å². The Morgan fingerprint density at radius 3 is 2.86 bits per heavy atom. The van der Waals surface area contributed by atoms with Crippen LogP contribution in [0.2, 0.25) is 0 Å². The van der Waals surface area contributed by atoms with Gasteiger partial charge in [0.2, 0.25) is 11.8 Å². The van der Waals surface area contributed by atoms with Crippen LogP contribution >= 0.6 is 0 Å². The van der Waals surface area contributed by atoms with E-state index >= 15 is 0 Å². The molecule has 1 saturated heterocycles. The van der Waals surface area contributed by atoms with Crippen LogP contribution in [0.1, 0.15) is 20.3 Å². The molecule has 0 aromatic rings. The zero-order valence-corrected chi connectivity index (χ0v) is 8.62. The van der Waals surface area contributed by atoms with E-state index in [0.717, 1.165) is 0 Å². The van der Waals surface area contributed by atoms with Crippen molar-refractivity contribution >= 4 is 11.8 Å². The van der Waals surface area contributed by atoms with Gasteiger partial charge in [-0.1, -0.05) is 19.1 Å². The van der Waals surface area contributed by atoms with E-state index in [4.69, 9.17) is 0 Å². The minimum absolute atomic E-state index is 0.00505. The van der Waals surface area contributed by atoms with Crippen LogP contribution in [0.3, 0.4) is 0 Å². The first-order chi connectivity index (χ1) is 6.70. The lowest BCUT2D eigenvalue weighted by molar-refractivity contribution is -0.145. The number of amides is 2. The predicted octanol–water partition coefficient (Wildman–Crippen LogP) is 0.299. The van der Waals surface area contributed by atoms with Crippen molar-refractivity contribution in [2.75, 3.05) is 13.1 Å². The van der Waals surface area contributed by atoms with Gasteiger partial charge in [0.05, 0.1) is 6.54 Å². The van der Waals surface area contributed by atoms with E-state index in [1.807, 2.05) is 26.0 Å². The molecule has 2 amide bonds. The zero-order chi connectivity index (χ0) is 10.6. The molecule has 1 rings (SSSR count). The number of nitrogens with zero attached hydrogens (tertiary/aromatic N) is 1. The van der Waals surface area contributed by atoms with Gasteiger partial charge in [-0.15, -0.1) is 0 Å². The van der Waals surface area contributed by atoms with E-state index in [1.165, 1.54) is 0 Å². The van der Waals surface area contributed by atoms with Gasteiger partial charge in [-0.2, -0.15) is 0 Å². The van der Waals surface area contributed by atoms with Crippen LogP contribution in [0.5, 0.6) is 0 Å². The largest absolute Gasteiger partial charge is 0.345 e. The van der Waals surface area contributed by atoms with E-state index in [0.29, 0.717) is 13.0 Å². The van der Waals surface area contributed by atoms with Crippen LogP contribution in [-0.4, -0.2) is 35.8 Å². The summed E-state index contributed by atoms with van der Waals surface area (Å²) < 4.78 is 0. The Bertz CT molecular complexity index is 261.